The summed E-state index contributed by atoms with van der Waals surface area (Å²) in [7, 11) is 0. The van der Waals surface area contributed by atoms with E-state index < -0.39 is 6.04 Å². The minimum absolute atomic E-state index is 0.0750. The zero-order valence-corrected chi connectivity index (χ0v) is 16.0. The van der Waals surface area contributed by atoms with Gasteiger partial charge in [0.25, 0.3) is 0 Å². The number of halogens is 1. The van der Waals surface area contributed by atoms with Gasteiger partial charge in [0.15, 0.2) is 0 Å². The first-order valence-corrected chi connectivity index (χ1v) is 9.40. The van der Waals surface area contributed by atoms with Crippen molar-refractivity contribution >= 4 is 11.8 Å². The van der Waals surface area contributed by atoms with Gasteiger partial charge in [0.05, 0.1) is 0 Å². The molecule has 2 aromatic rings. The molecule has 2 aromatic carbocycles. The predicted molar refractivity (Wildman–Crippen MR) is 104 cm³/mol. The molecule has 0 aliphatic rings. The fourth-order valence-corrected chi connectivity index (χ4v) is 2.99. The van der Waals surface area contributed by atoms with Crippen LogP contribution in [0.2, 0.25) is 0 Å². The standard InChI is InChI=1S/C22H27FN2O2/c1-3-8-21(26)25(16-18-11-13-19(23)14-12-18)20(22(27)24-4-2)15-17-9-6-5-7-10-17/h5-7,9-14,20H,3-4,8,15-16H2,1-2H3,(H,24,27)/t20-/m0/s1. The molecular formula is C22H27FN2O2. The minimum atomic E-state index is -0.614. The molecule has 5 heteroatoms. The second-order valence-corrected chi connectivity index (χ2v) is 6.50. The van der Waals surface area contributed by atoms with Gasteiger partial charge in [-0.15, -0.1) is 0 Å². The van der Waals surface area contributed by atoms with Crippen LogP contribution in [0.5, 0.6) is 0 Å². The van der Waals surface area contributed by atoms with Crippen LogP contribution in [0, 0.1) is 5.82 Å². The molecule has 27 heavy (non-hydrogen) atoms. The maximum absolute atomic E-state index is 13.2. The number of carbonyl (C=O) groups excluding carboxylic acids is 2. The van der Waals surface area contributed by atoms with E-state index in [2.05, 4.69) is 5.32 Å². The Bertz CT molecular complexity index is 732. The summed E-state index contributed by atoms with van der Waals surface area (Å²) in [4.78, 5) is 27.2. The van der Waals surface area contributed by atoms with E-state index in [1.807, 2.05) is 44.2 Å². The molecule has 0 saturated heterocycles. The monoisotopic (exact) mass is 370 g/mol. The molecule has 0 saturated carbocycles. The third-order valence-corrected chi connectivity index (χ3v) is 4.35. The third kappa shape index (κ3) is 6.20. The second-order valence-electron chi connectivity index (χ2n) is 6.50. The zero-order valence-electron chi connectivity index (χ0n) is 16.0. The molecule has 0 aliphatic heterocycles. The number of benzene rings is 2. The average Bonchev–Trinajstić information content (AvgIpc) is 2.67. The molecule has 0 spiro atoms. The quantitative estimate of drug-likeness (QED) is 0.732. The van der Waals surface area contributed by atoms with Gasteiger partial charge in [0, 0.05) is 25.9 Å². The van der Waals surface area contributed by atoms with Crippen molar-refractivity contribution in [3.63, 3.8) is 0 Å². The number of rotatable bonds is 9. The number of hydrogen-bond acceptors (Lipinski definition) is 2. The summed E-state index contributed by atoms with van der Waals surface area (Å²) < 4.78 is 13.2. The molecule has 0 fully saturated rings. The lowest BCUT2D eigenvalue weighted by Crippen LogP contribution is -2.50. The zero-order chi connectivity index (χ0) is 19.6. The highest BCUT2D eigenvalue weighted by atomic mass is 19.1. The van der Waals surface area contributed by atoms with Crippen LogP contribution in [0.15, 0.2) is 54.6 Å². The van der Waals surface area contributed by atoms with Crippen molar-refractivity contribution in [1.82, 2.24) is 10.2 Å². The van der Waals surface area contributed by atoms with Gasteiger partial charge >= 0.3 is 0 Å². The molecule has 1 atom stereocenters. The Morgan fingerprint density at radius 2 is 1.67 bits per heavy atom. The molecule has 2 amide bonds. The molecule has 0 radical (unpaired) electrons. The summed E-state index contributed by atoms with van der Waals surface area (Å²) >= 11 is 0. The van der Waals surface area contributed by atoms with Crippen molar-refractivity contribution in [3.05, 3.63) is 71.5 Å². The molecular weight excluding hydrogens is 343 g/mol. The number of amides is 2. The van der Waals surface area contributed by atoms with Gasteiger partial charge < -0.3 is 10.2 Å². The van der Waals surface area contributed by atoms with E-state index >= 15 is 0 Å². The maximum Gasteiger partial charge on any atom is 0.243 e. The predicted octanol–water partition coefficient (Wildman–Crippen LogP) is 3.70. The van der Waals surface area contributed by atoms with Gasteiger partial charge in [-0.25, -0.2) is 4.39 Å². The van der Waals surface area contributed by atoms with E-state index in [1.165, 1.54) is 12.1 Å². The largest absolute Gasteiger partial charge is 0.355 e. The highest BCUT2D eigenvalue weighted by molar-refractivity contribution is 5.88. The van der Waals surface area contributed by atoms with Crippen LogP contribution in [0.4, 0.5) is 4.39 Å². The number of hydrogen-bond donors (Lipinski definition) is 1. The van der Waals surface area contributed by atoms with Gasteiger partial charge in [-0.1, -0.05) is 49.4 Å². The van der Waals surface area contributed by atoms with Gasteiger partial charge in [-0.2, -0.15) is 0 Å². The molecule has 1 N–H and O–H groups in total. The van der Waals surface area contributed by atoms with Crippen molar-refractivity contribution in [3.8, 4) is 0 Å². The maximum atomic E-state index is 13.2. The van der Waals surface area contributed by atoms with Gasteiger partial charge in [0.2, 0.25) is 11.8 Å². The molecule has 144 valence electrons. The molecule has 0 aliphatic carbocycles. The van der Waals surface area contributed by atoms with E-state index in [1.54, 1.807) is 17.0 Å². The Labute approximate surface area is 160 Å². The summed E-state index contributed by atoms with van der Waals surface area (Å²) in [5.41, 5.74) is 1.78. The fourth-order valence-electron chi connectivity index (χ4n) is 2.99. The van der Waals surface area contributed by atoms with E-state index in [0.717, 1.165) is 11.1 Å². The number of nitrogens with one attached hydrogen (secondary N) is 1. The van der Waals surface area contributed by atoms with Crippen LogP contribution >= 0.6 is 0 Å². The first kappa shape index (κ1) is 20.6. The topological polar surface area (TPSA) is 49.4 Å². The van der Waals surface area contributed by atoms with Crippen molar-refractivity contribution < 1.29 is 14.0 Å². The fraction of sp³-hybridized carbons (Fsp3) is 0.364. The lowest BCUT2D eigenvalue weighted by Gasteiger charge is -2.31. The summed E-state index contributed by atoms with van der Waals surface area (Å²) in [5, 5.41) is 2.85. The normalized spacial score (nSPS) is 11.7. The van der Waals surface area contributed by atoms with Gasteiger partial charge in [-0.3, -0.25) is 9.59 Å². The van der Waals surface area contributed by atoms with Crippen LogP contribution in [-0.2, 0) is 22.6 Å². The lowest BCUT2D eigenvalue weighted by atomic mass is 10.0. The summed E-state index contributed by atoms with van der Waals surface area (Å²) in [6.45, 7) is 4.56. The smallest absolute Gasteiger partial charge is 0.243 e. The van der Waals surface area contributed by atoms with Gasteiger partial charge in [-0.05, 0) is 36.6 Å². The van der Waals surface area contributed by atoms with Crippen molar-refractivity contribution in [2.24, 2.45) is 0 Å². The van der Waals surface area contributed by atoms with E-state index in [9.17, 15) is 14.0 Å². The van der Waals surface area contributed by atoms with E-state index in [4.69, 9.17) is 0 Å². The highest BCUT2D eigenvalue weighted by Crippen LogP contribution is 2.16. The second kappa shape index (κ2) is 10.5. The molecule has 2 rings (SSSR count). The van der Waals surface area contributed by atoms with Crippen molar-refractivity contribution in [2.45, 2.75) is 45.7 Å². The third-order valence-electron chi connectivity index (χ3n) is 4.35. The Morgan fingerprint density at radius 1 is 1.00 bits per heavy atom. The Balaban J connectivity index is 2.33. The lowest BCUT2D eigenvalue weighted by molar-refractivity contribution is -0.141. The molecule has 0 heterocycles. The molecule has 0 bridgehead atoms. The Hall–Kier alpha value is -2.69. The van der Waals surface area contributed by atoms with Crippen LogP contribution in [0.25, 0.3) is 0 Å². The summed E-state index contributed by atoms with van der Waals surface area (Å²) in [5.74, 6) is -0.573. The first-order chi connectivity index (χ1) is 13.0. The SMILES string of the molecule is CCCC(=O)N(Cc1ccc(F)cc1)[C@@H](Cc1ccccc1)C(=O)NCC. The summed E-state index contributed by atoms with van der Waals surface area (Å²) in [6, 6.07) is 15.1. The molecule has 0 aromatic heterocycles. The minimum Gasteiger partial charge on any atom is -0.355 e. The van der Waals surface area contributed by atoms with Crippen LogP contribution < -0.4 is 5.32 Å². The molecule has 4 nitrogen and oxygen atoms in total. The Morgan fingerprint density at radius 3 is 2.26 bits per heavy atom. The van der Waals surface area contributed by atoms with Crippen LogP contribution in [0.1, 0.15) is 37.8 Å². The number of carbonyl (C=O) groups is 2. The molecule has 0 unspecified atom stereocenters. The number of likely N-dealkylation sites (N-methyl/N-ethyl adjacent to an activating group) is 1. The average molecular weight is 370 g/mol. The first-order valence-electron chi connectivity index (χ1n) is 9.40. The van der Waals surface area contributed by atoms with Crippen molar-refractivity contribution in [1.29, 1.82) is 0 Å². The summed E-state index contributed by atoms with van der Waals surface area (Å²) in [6.07, 6.45) is 1.50. The van der Waals surface area contributed by atoms with Crippen LogP contribution in [0.3, 0.4) is 0 Å². The van der Waals surface area contributed by atoms with Crippen LogP contribution in [-0.4, -0.2) is 29.3 Å². The van der Waals surface area contributed by atoms with E-state index in [0.29, 0.717) is 25.8 Å². The van der Waals surface area contributed by atoms with Crippen molar-refractivity contribution in [2.75, 3.05) is 6.54 Å². The Kier molecular flexibility index (Phi) is 7.99. The van der Waals surface area contributed by atoms with Gasteiger partial charge in [0.1, 0.15) is 11.9 Å². The highest BCUT2D eigenvalue weighted by Gasteiger charge is 2.29. The number of nitrogens with zero attached hydrogens (tertiary/aromatic N) is 1. The van der Waals surface area contributed by atoms with E-state index in [-0.39, 0.29) is 24.2 Å².